The Hall–Kier alpha value is -2.48. The molecule has 7 atom stereocenters. The fourth-order valence-electron chi connectivity index (χ4n) is 10.1. The van der Waals surface area contributed by atoms with E-state index in [4.69, 9.17) is 4.74 Å². The van der Waals surface area contributed by atoms with Gasteiger partial charge in [-0.15, -0.1) is 11.3 Å². The van der Waals surface area contributed by atoms with Crippen molar-refractivity contribution in [2.75, 3.05) is 19.7 Å². The van der Waals surface area contributed by atoms with Crippen LogP contribution in [-0.2, 0) is 11.2 Å². The molecule has 6 aliphatic carbocycles. The molecule has 1 heterocycles. The average molecular weight is 676 g/mol. The fourth-order valence-corrected chi connectivity index (χ4v) is 10.9. The first-order valence-electron chi connectivity index (χ1n) is 18.5. The largest absolute Gasteiger partial charge is 0.450 e. The third kappa shape index (κ3) is 6.56. The lowest BCUT2D eigenvalue weighted by Gasteiger charge is -2.60. The van der Waals surface area contributed by atoms with E-state index in [1.807, 2.05) is 36.9 Å². The Labute approximate surface area is 292 Å². The first kappa shape index (κ1) is 35.3. The molecule has 2 N–H and O–H groups in total. The number of hydrogen-bond acceptors (Lipinski definition) is 6. The highest BCUT2D eigenvalue weighted by Gasteiger charge is 2.59. The Kier molecular flexibility index (Phi) is 10.1. The standard InChI is InChI=1S/C41H57NO5S/c1-7-47-38(45)42(24-29-13-14-30-23-35(29)39(30,4)5)25-41(46)20-18-34-32-16-12-28(22-33(32)37(44)36-17-11-27(3)48-36)21-31(43)15-10-26(2)9-8-19-40(34,41)6/h9,11-12,16-17,22,29-31,34-35,43,46H,7-8,10,13-15,18-21,23-25H2,1-6H3. The summed E-state index contributed by atoms with van der Waals surface area (Å²) in [7, 11) is 0. The number of aliphatic hydroxyl groups is 2. The summed E-state index contributed by atoms with van der Waals surface area (Å²) in [5.41, 5.74) is 2.38. The van der Waals surface area contributed by atoms with Gasteiger partial charge in [0.2, 0.25) is 5.78 Å². The van der Waals surface area contributed by atoms with Gasteiger partial charge in [0.1, 0.15) is 0 Å². The van der Waals surface area contributed by atoms with Crippen LogP contribution in [0.15, 0.2) is 42.0 Å². The van der Waals surface area contributed by atoms with E-state index < -0.39 is 17.1 Å². The lowest BCUT2D eigenvalue weighted by molar-refractivity contribution is -0.120. The van der Waals surface area contributed by atoms with E-state index in [1.165, 1.54) is 29.8 Å². The number of ether oxygens (including phenoxy) is 1. The smallest absolute Gasteiger partial charge is 0.409 e. The molecule has 48 heavy (non-hydrogen) atoms. The second kappa shape index (κ2) is 13.7. The molecule has 1 amide bonds. The Morgan fingerprint density at radius 1 is 1.04 bits per heavy atom. The van der Waals surface area contributed by atoms with Crippen molar-refractivity contribution in [3.63, 3.8) is 0 Å². The van der Waals surface area contributed by atoms with E-state index >= 15 is 0 Å². The van der Waals surface area contributed by atoms with Crippen molar-refractivity contribution in [3.05, 3.63) is 68.4 Å². The normalized spacial score (nSPS) is 32.8. The molecule has 1 aromatic heterocycles. The predicted octanol–water partition coefficient (Wildman–Crippen LogP) is 8.86. The number of carbonyl (C=O) groups excluding carboxylic acids is 2. The summed E-state index contributed by atoms with van der Waals surface area (Å²) in [5, 5.41) is 23.9. The minimum absolute atomic E-state index is 0.00642. The minimum atomic E-state index is -1.16. The highest BCUT2D eigenvalue weighted by molar-refractivity contribution is 7.14. The van der Waals surface area contributed by atoms with Gasteiger partial charge < -0.3 is 19.8 Å². The number of nitrogens with zero attached hydrogens (tertiary/aromatic N) is 1. The summed E-state index contributed by atoms with van der Waals surface area (Å²) >= 11 is 1.51. The van der Waals surface area contributed by atoms with Crippen LogP contribution in [-0.4, -0.2) is 58.4 Å². The number of allylic oxidation sites excluding steroid dienone is 2. The number of fused-ring (bicyclic) bond motifs is 10. The molecule has 4 fully saturated rings. The van der Waals surface area contributed by atoms with E-state index in [9.17, 15) is 19.8 Å². The van der Waals surface area contributed by atoms with Gasteiger partial charge in [0.25, 0.3) is 0 Å². The number of hydrogen-bond donors (Lipinski definition) is 2. The zero-order valence-corrected chi connectivity index (χ0v) is 30.8. The van der Waals surface area contributed by atoms with Crippen LogP contribution in [0.25, 0.3) is 0 Å². The summed E-state index contributed by atoms with van der Waals surface area (Å²) in [5.74, 6) is 1.69. The zero-order valence-electron chi connectivity index (χ0n) is 30.0. The van der Waals surface area contributed by atoms with E-state index in [2.05, 4.69) is 45.9 Å². The maximum absolute atomic E-state index is 14.2. The van der Waals surface area contributed by atoms with Gasteiger partial charge in [0, 0.05) is 22.4 Å². The Bertz CT molecular complexity index is 1540. The first-order chi connectivity index (χ1) is 22.8. The second-order valence-corrected chi connectivity index (χ2v) is 17.8. The summed E-state index contributed by atoms with van der Waals surface area (Å²) in [6.07, 6.45) is 9.74. The summed E-state index contributed by atoms with van der Waals surface area (Å²) in [6.45, 7) is 14.1. The number of thiophene rings is 1. The number of rotatable bonds is 7. The molecule has 0 radical (unpaired) electrons. The van der Waals surface area contributed by atoms with Gasteiger partial charge in [0.05, 0.1) is 29.7 Å². The van der Waals surface area contributed by atoms with Crippen LogP contribution < -0.4 is 0 Å². The number of ketones is 1. The van der Waals surface area contributed by atoms with Crippen molar-refractivity contribution in [1.29, 1.82) is 0 Å². The molecule has 0 aliphatic heterocycles. The number of aryl methyl sites for hydroxylation is 1. The van der Waals surface area contributed by atoms with Crippen LogP contribution in [0.4, 0.5) is 4.79 Å². The Balaban J connectivity index is 1.38. The molecule has 6 nitrogen and oxygen atoms in total. The van der Waals surface area contributed by atoms with Crippen LogP contribution >= 0.6 is 11.3 Å². The van der Waals surface area contributed by atoms with Gasteiger partial charge in [-0.05, 0) is 143 Å². The highest BCUT2D eigenvalue weighted by Crippen LogP contribution is 2.62. The molecule has 2 aromatic rings. The third-order valence-electron chi connectivity index (χ3n) is 13.3. The van der Waals surface area contributed by atoms with Crippen molar-refractivity contribution >= 4 is 23.2 Å². The molecule has 1 aromatic carbocycles. The summed E-state index contributed by atoms with van der Waals surface area (Å²) in [6, 6.07) is 10.1. The van der Waals surface area contributed by atoms with E-state index in [-0.39, 0.29) is 24.3 Å². The van der Waals surface area contributed by atoms with Gasteiger partial charge in [-0.2, -0.15) is 0 Å². The lowest BCUT2D eigenvalue weighted by Crippen LogP contribution is -2.58. The number of amides is 1. The van der Waals surface area contributed by atoms with Gasteiger partial charge in [-0.1, -0.05) is 44.6 Å². The SMILES string of the molecule is CCOC(=O)N(CC1CCC2CC1C2(C)C)CC1(O)CCC2c3ccc(cc3C(=O)c3ccc(C)s3)CC(O)CCC(C)=CCCC21C. The van der Waals surface area contributed by atoms with Gasteiger partial charge in [0.15, 0.2) is 0 Å². The molecule has 0 spiro atoms. The van der Waals surface area contributed by atoms with E-state index in [0.29, 0.717) is 60.1 Å². The van der Waals surface area contributed by atoms with Crippen molar-refractivity contribution < 1.29 is 24.5 Å². The number of carbonyl (C=O) groups is 2. The van der Waals surface area contributed by atoms with Crippen molar-refractivity contribution in [1.82, 2.24) is 4.90 Å². The monoisotopic (exact) mass is 675 g/mol. The van der Waals surface area contributed by atoms with E-state index in [0.717, 1.165) is 54.0 Å². The molecule has 8 rings (SSSR count). The average Bonchev–Trinajstić information content (AvgIpc) is 3.59. The van der Waals surface area contributed by atoms with Crippen molar-refractivity contribution in [2.24, 2.45) is 28.6 Å². The van der Waals surface area contributed by atoms with Crippen molar-refractivity contribution in [2.45, 2.75) is 123 Å². The Morgan fingerprint density at radius 2 is 1.83 bits per heavy atom. The molecule has 7 heteroatoms. The zero-order chi connectivity index (χ0) is 34.4. The molecule has 4 bridgehead atoms. The van der Waals surface area contributed by atoms with Crippen LogP contribution in [0.1, 0.15) is 130 Å². The predicted molar refractivity (Wildman–Crippen MR) is 193 cm³/mol. The number of benzene rings is 1. The summed E-state index contributed by atoms with van der Waals surface area (Å²) in [4.78, 5) is 31.5. The first-order valence-corrected chi connectivity index (χ1v) is 19.3. The van der Waals surface area contributed by atoms with Gasteiger partial charge in [-0.3, -0.25) is 4.79 Å². The van der Waals surface area contributed by atoms with Crippen LogP contribution in [0, 0.1) is 35.5 Å². The van der Waals surface area contributed by atoms with Crippen LogP contribution in [0.3, 0.4) is 0 Å². The molecule has 7 unspecified atom stereocenters. The minimum Gasteiger partial charge on any atom is -0.450 e. The second-order valence-electron chi connectivity index (χ2n) is 16.5. The van der Waals surface area contributed by atoms with Gasteiger partial charge >= 0.3 is 6.09 Å². The van der Waals surface area contributed by atoms with Gasteiger partial charge in [-0.25, -0.2) is 4.79 Å². The molecule has 4 saturated carbocycles. The molecular formula is C41H57NO5S. The van der Waals surface area contributed by atoms with Crippen molar-refractivity contribution in [3.8, 4) is 0 Å². The molecule has 0 saturated heterocycles. The molecule has 262 valence electrons. The van der Waals surface area contributed by atoms with E-state index in [1.54, 1.807) is 0 Å². The Morgan fingerprint density at radius 3 is 2.52 bits per heavy atom. The third-order valence-corrected chi connectivity index (χ3v) is 14.3. The highest BCUT2D eigenvalue weighted by atomic mass is 32.1. The fraction of sp³-hybridized carbons (Fsp3) is 0.659. The number of aliphatic hydroxyl groups excluding tert-OH is 1. The van der Waals surface area contributed by atoms with Crippen LogP contribution in [0.2, 0.25) is 0 Å². The lowest BCUT2D eigenvalue weighted by atomic mass is 9.45. The molecular weight excluding hydrogens is 619 g/mol. The van der Waals surface area contributed by atoms with Crippen LogP contribution in [0.5, 0.6) is 0 Å². The maximum atomic E-state index is 14.2. The quantitative estimate of drug-likeness (QED) is 0.226. The molecule has 6 aliphatic rings. The topological polar surface area (TPSA) is 87.1 Å². The summed E-state index contributed by atoms with van der Waals surface area (Å²) < 4.78 is 5.65. The maximum Gasteiger partial charge on any atom is 0.409 e.